The highest BCUT2D eigenvalue weighted by Gasteiger charge is 2.46. The monoisotopic (exact) mass is 368 g/mol. The number of carbonyl (C=O) groups excluding carboxylic acids is 3. The first-order valence-corrected chi connectivity index (χ1v) is 9.10. The van der Waals surface area contributed by atoms with Gasteiger partial charge in [0.25, 0.3) is 0 Å². The molecule has 0 radical (unpaired) electrons. The predicted octanol–water partition coefficient (Wildman–Crippen LogP) is 3.39. The van der Waals surface area contributed by atoms with Crippen LogP contribution in [-0.4, -0.2) is 36.9 Å². The van der Waals surface area contributed by atoms with Gasteiger partial charge in [-0.2, -0.15) is 0 Å². The Morgan fingerprint density at radius 3 is 2.56 bits per heavy atom. The molecule has 1 saturated heterocycles. The van der Waals surface area contributed by atoms with Crippen molar-refractivity contribution in [2.75, 3.05) is 13.7 Å². The van der Waals surface area contributed by atoms with E-state index in [0.717, 1.165) is 0 Å². The minimum Gasteiger partial charge on any atom is -0.465 e. The maximum Gasteiger partial charge on any atom is 0.338 e. The number of benzene rings is 1. The molecule has 1 aromatic carbocycles. The Kier molecular flexibility index (Phi) is 5.42. The third kappa shape index (κ3) is 3.93. The molecule has 0 bridgehead atoms. The number of rotatable bonds is 5. The number of hydrogen-bond donors (Lipinski definition) is 0. The summed E-state index contributed by atoms with van der Waals surface area (Å²) in [6.45, 7) is 4.06. The number of fused-ring (bicyclic) bond motifs is 1. The lowest BCUT2D eigenvalue weighted by Crippen LogP contribution is -2.36. The first-order valence-electron chi connectivity index (χ1n) is 9.10. The lowest BCUT2D eigenvalue weighted by molar-refractivity contribution is -0.133. The van der Waals surface area contributed by atoms with Gasteiger partial charge in [-0.3, -0.25) is 9.59 Å². The van der Waals surface area contributed by atoms with Crippen LogP contribution in [0.15, 0.2) is 42.5 Å². The van der Waals surface area contributed by atoms with Crippen LogP contribution in [0.2, 0.25) is 0 Å². The molecule has 142 valence electrons. The zero-order valence-electron chi connectivity index (χ0n) is 15.9. The third-order valence-corrected chi connectivity index (χ3v) is 5.57. The summed E-state index contributed by atoms with van der Waals surface area (Å²) in [6, 6.07) is 6.91. The van der Waals surface area contributed by atoms with Gasteiger partial charge in [0.05, 0.1) is 24.9 Å². The molecule has 0 N–H and O–H groups in total. The van der Waals surface area contributed by atoms with Crippen molar-refractivity contribution in [1.82, 2.24) is 0 Å². The van der Waals surface area contributed by atoms with Gasteiger partial charge in [0.15, 0.2) is 11.6 Å². The highest BCUT2D eigenvalue weighted by Crippen LogP contribution is 2.44. The molecule has 3 atom stereocenters. The fraction of sp³-hybridized carbons (Fsp3) is 0.409. The molecule has 1 aliphatic carbocycles. The predicted molar refractivity (Wildman–Crippen MR) is 101 cm³/mol. The molecule has 0 spiro atoms. The second-order valence-electron chi connectivity index (χ2n) is 7.34. The van der Waals surface area contributed by atoms with E-state index in [4.69, 9.17) is 9.47 Å². The van der Waals surface area contributed by atoms with Gasteiger partial charge in [0.2, 0.25) is 0 Å². The van der Waals surface area contributed by atoms with Crippen molar-refractivity contribution in [3.05, 3.63) is 53.6 Å². The molecular formula is C22H24O5. The molecule has 1 heterocycles. The Bertz CT molecular complexity index is 818. The quantitative estimate of drug-likeness (QED) is 0.453. The molecule has 1 aromatic rings. The number of esters is 1. The van der Waals surface area contributed by atoms with Crippen LogP contribution in [0.5, 0.6) is 0 Å². The van der Waals surface area contributed by atoms with Gasteiger partial charge < -0.3 is 9.47 Å². The van der Waals surface area contributed by atoms with Crippen LogP contribution in [0, 0.1) is 11.8 Å². The Morgan fingerprint density at radius 2 is 1.93 bits per heavy atom. The number of allylic oxidation sites excluding steroid dienone is 2. The molecule has 1 aliphatic heterocycles. The molecule has 5 nitrogen and oxygen atoms in total. The average molecular weight is 368 g/mol. The number of ether oxygens (including phenoxy) is 2. The van der Waals surface area contributed by atoms with Crippen LogP contribution in [0.1, 0.15) is 42.6 Å². The molecule has 3 unspecified atom stereocenters. The first-order chi connectivity index (χ1) is 12.8. The molecule has 0 amide bonds. The summed E-state index contributed by atoms with van der Waals surface area (Å²) in [5.74, 6) is -0.0790. The van der Waals surface area contributed by atoms with E-state index >= 15 is 0 Å². The fourth-order valence-corrected chi connectivity index (χ4v) is 3.88. The molecule has 0 aromatic heterocycles. The van der Waals surface area contributed by atoms with Crippen LogP contribution in [-0.2, 0) is 19.1 Å². The first kappa shape index (κ1) is 19.2. The van der Waals surface area contributed by atoms with Crippen LogP contribution in [0.4, 0.5) is 0 Å². The van der Waals surface area contributed by atoms with Crippen molar-refractivity contribution >= 4 is 23.1 Å². The highest BCUT2D eigenvalue weighted by atomic mass is 16.5. The molecule has 2 aliphatic rings. The van der Waals surface area contributed by atoms with Gasteiger partial charge in [-0.05, 0) is 43.9 Å². The Morgan fingerprint density at radius 1 is 1.26 bits per heavy atom. The number of methoxy groups -OCH3 is 1. The molecule has 3 rings (SSSR count). The van der Waals surface area contributed by atoms with E-state index in [1.165, 1.54) is 14.0 Å². The number of carbonyl (C=O) groups is 3. The van der Waals surface area contributed by atoms with Crippen molar-refractivity contribution in [3.63, 3.8) is 0 Å². The summed E-state index contributed by atoms with van der Waals surface area (Å²) in [6.07, 6.45) is 6.39. The van der Waals surface area contributed by atoms with E-state index < -0.39 is 11.6 Å². The van der Waals surface area contributed by atoms with Crippen molar-refractivity contribution in [2.24, 2.45) is 11.8 Å². The second kappa shape index (κ2) is 7.61. The van der Waals surface area contributed by atoms with Crippen molar-refractivity contribution in [3.8, 4) is 0 Å². The standard InChI is InChI=1S/C22H24O5/c1-14(23)15-4-6-16(7-5-15)19(21(25)26-3)9-8-17-13-27-22(2)11-10-18(24)12-20(17)22/h4-7,9-11,17,20H,8,12-13H2,1-3H3/b19-9-. The fourth-order valence-electron chi connectivity index (χ4n) is 3.88. The second-order valence-corrected chi connectivity index (χ2v) is 7.34. The molecule has 1 fully saturated rings. The van der Waals surface area contributed by atoms with E-state index in [0.29, 0.717) is 36.1 Å². The zero-order valence-corrected chi connectivity index (χ0v) is 15.9. The summed E-state index contributed by atoms with van der Waals surface area (Å²) >= 11 is 0. The molecular weight excluding hydrogens is 344 g/mol. The van der Waals surface area contributed by atoms with Crippen LogP contribution < -0.4 is 0 Å². The van der Waals surface area contributed by atoms with Gasteiger partial charge in [0, 0.05) is 17.9 Å². The van der Waals surface area contributed by atoms with E-state index in [2.05, 4.69) is 0 Å². The van der Waals surface area contributed by atoms with Gasteiger partial charge in [0.1, 0.15) is 0 Å². The SMILES string of the molecule is COC(=O)/C(=C\CC1COC2(C)C=CC(=O)CC12)c1ccc(C(C)=O)cc1. The van der Waals surface area contributed by atoms with E-state index in [-0.39, 0.29) is 23.4 Å². The minimum absolute atomic E-state index is 0.0254. The normalized spacial score (nSPS) is 27.4. The maximum atomic E-state index is 12.3. The lowest BCUT2D eigenvalue weighted by atomic mass is 9.74. The van der Waals surface area contributed by atoms with Crippen LogP contribution in [0.25, 0.3) is 5.57 Å². The number of Topliss-reactive ketones (excluding diaryl/α,β-unsaturated/α-hetero) is 1. The van der Waals surface area contributed by atoms with Gasteiger partial charge in [-0.25, -0.2) is 4.79 Å². The molecule has 5 heteroatoms. The van der Waals surface area contributed by atoms with Gasteiger partial charge in [-0.15, -0.1) is 0 Å². The van der Waals surface area contributed by atoms with Crippen molar-refractivity contribution in [1.29, 1.82) is 0 Å². The smallest absolute Gasteiger partial charge is 0.338 e. The van der Waals surface area contributed by atoms with Crippen molar-refractivity contribution in [2.45, 2.75) is 32.3 Å². The summed E-state index contributed by atoms with van der Waals surface area (Å²) in [5.41, 5.74) is 1.34. The van der Waals surface area contributed by atoms with Crippen molar-refractivity contribution < 1.29 is 23.9 Å². The van der Waals surface area contributed by atoms with Crippen LogP contribution in [0.3, 0.4) is 0 Å². The van der Waals surface area contributed by atoms with E-state index in [1.54, 1.807) is 30.3 Å². The Labute approximate surface area is 159 Å². The Hall–Kier alpha value is -2.53. The van der Waals surface area contributed by atoms with E-state index in [9.17, 15) is 14.4 Å². The number of ketones is 2. The summed E-state index contributed by atoms with van der Waals surface area (Å²) in [4.78, 5) is 35.6. The topological polar surface area (TPSA) is 69.7 Å². The van der Waals surface area contributed by atoms with Crippen LogP contribution >= 0.6 is 0 Å². The number of hydrogen-bond acceptors (Lipinski definition) is 5. The zero-order chi connectivity index (χ0) is 19.6. The Balaban J connectivity index is 1.83. The summed E-state index contributed by atoms with van der Waals surface area (Å²) in [7, 11) is 1.35. The van der Waals surface area contributed by atoms with E-state index in [1.807, 2.05) is 19.1 Å². The highest BCUT2D eigenvalue weighted by molar-refractivity contribution is 6.16. The lowest BCUT2D eigenvalue weighted by Gasteiger charge is -2.31. The minimum atomic E-state index is -0.424. The largest absolute Gasteiger partial charge is 0.465 e. The van der Waals surface area contributed by atoms with Gasteiger partial charge in [-0.1, -0.05) is 30.3 Å². The summed E-state index contributed by atoms with van der Waals surface area (Å²) < 4.78 is 10.9. The third-order valence-electron chi connectivity index (χ3n) is 5.57. The summed E-state index contributed by atoms with van der Waals surface area (Å²) in [5, 5.41) is 0. The molecule has 0 saturated carbocycles. The molecule has 27 heavy (non-hydrogen) atoms. The maximum absolute atomic E-state index is 12.3. The average Bonchev–Trinajstić information content (AvgIpc) is 2.98. The van der Waals surface area contributed by atoms with Gasteiger partial charge >= 0.3 is 5.97 Å².